The lowest BCUT2D eigenvalue weighted by molar-refractivity contribution is 0.593. The number of rotatable bonds is 1. The first kappa shape index (κ1) is 11.6. The maximum atomic E-state index is 2.47. The monoisotopic (exact) mass is 270 g/mol. The second-order valence-corrected chi connectivity index (χ2v) is 6.62. The predicted octanol–water partition coefficient (Wildman–Crippen LogP) is 5.67. The van der Waals surface area contributed by atoms with Crippen LogP contribution in [0.1, 0.15) is 24.3 Å². The summed E-state index contributed by atoms with van der Waals surface area (Å²) in [7, 11) is 0. The van der Waals surface area contributed by atoms with Crippen LogP contribution in [0.2, 0.25) is 0 Å². The molecule has 102 valence electrons. The number of fused-ring (bicyclic) bond motifs is 4. The van der Waals surface area contributed by atoms with Gasteiger partial charge in [0.05, 0.1) is 0 Å². The molecule has 0 amide bonds. The largest absolute Gasteiger partial charge is 0.0851 e. The molecule has 3 aromatic carbocycles. The van der Waals surface area contributed by atoms with E-state index in [4.69, 9.17) is 0 Å². The molecule has 1 fully saturated rings. The van der Waals surface area contributed by atoms with Crippen LogP contribution >= 0.6 is 0 Å². The van der Waals surface area contributed by atoms with Crippen molar-refractivity contribution in [3.8, 4) is 0 Å². The third-order valence-corrected chi connectivity index (χ3v) is 5.46. The molecule has 3 unspecified atom stereocenters. The van der Waals surface area contributed by atoms with Crippen LogP contribution in [-0.2, 0) is 0 Å². The molecule has 2 bridgehead atoms. The Kier molecular flexibility index (Phi) is 2.32. The maximum absolute atomic E-state index is 2.47. The summed E-state index contributed by atoms with van der Waals surface area (Å²) >= 11 is 0. The molecule has 2 aliphatic carbocycles. The molecule has 21 heavy (non-hydrogen) atoms. The standard InChI is InChI=1S/C21H18/c1-3-7-18-15(5-1)13-16-6-2-4-8-19(16)21(18)20-12-14-9-10-17(20)11-14/h1-10,13-14,17,20H,11-12H2. The predicted molar refractivity (Wildman–Crippen MR) is 89.5 cm³/mol. The molecule has 1 saturated carbocycles. The molecule has 0 aliphatic heterocycles. The summed E-state index contributed by atoms with van der Waals surface area (Å²) in [6.07, 6.45) is 7.60. The Morgan fingerprint density at radius 1 is 0.714 bits per heavy atom. The molecule has 2 aliphatic rings. The average Bonchev–Trinajstić information content (AvgIpc) is 3.15. The van der Waals surface area contributed by atoms with Crippen molar-refractivity contribution in [3.63, 3.8) is 0 Å². The van der Waals surface area contributed by atoms with E-state index in [1.807, 2.05) is 0 Å². The van der Waals surface area contributed by atoms with E-state index in [1.54, 1.807) is 5.56 Å². The quantitative estimate of drug-likeness (QED) is 0.394. The van der Waals surface area contributed by atoms with Gasteiger partial charge in [0, 0.05) is 0 Å². The van der Waals surface area contributed by atoms with Crippen LogP contribution in [0, 0.1) is 11.8 Å². The molecule has 0 radical (unpaired) electrons. The molecule has 0 spiro atoms. The van der Waals surface area contributed by atoms with Crippen LogP contribution in [0.15, 0.2) is 66.7 Å². The van der Waals surface area contributed by atoms with E-state index in [-0.39, 0.29) is 0 Å². The molecule has 0 heterocycles. The normalized spacial score (nSPS) is 27.0. The molecule has 0 saturated heterocycles. The molecule has 3 atom stereocenters. The van der Waals surface area contributed by atoms with E-state index in [1.165, 1.54) is 34.4 Å². The number of hydrogen-bond acceptors (Lipinski definition) is 0. The summed E-state index contributed by atoms with van der Waals surface area (Å²) in [5, 5.41) is 5.69. The zero-order valence-electron chi connectivity index (χ0n) is 12.0. The van der Waals surface area contributed by atoms with E-state index in [0.717, 1.165) is 11.8 Å². The van der Waals surface area contributed by atoms with Gasteiger partial charge in [-0.05, 0) is 63.8 Å². The highest BCUT2D eigenvalue weighted by Crippen LogP contribution is 2.51. The Balaban J connectivity index is 1.88. The van der Waals surface area contributed by atoms with Crippen LogP contribution in [-0.4, -0.2) is 0 Å². The van der Waals surface area contributed by atoms with E-state index in [9.17, 15) is 0 Å². The average molecular weight is 270 g/mol. The van der Waals surface area contributed by atoms with Gasteiger partial charge < -0.3 is 0 Å². The lowest BCUT2D eigenvalue weighted by atomic mass is 9.81. The summed E-state index contributed by atoms with van der Waals surface area (Å²) < 4.78 is 0. The molecule has 0 aromatic heterocycles. The number of hydrogen-bond donors (Lipinski definition) is 0. The number of allylic oxidation sites excluding steroid dienone is 2. The van der Waals surface area contributed by atoms with Crippen LogP contribution in [0.4, 0.5) is 0 Å². The highest BCUT2D eigenvalue weighted by Gasteiger charge is 2.37. The molecular weight excluding hydrogens is 252 g/mol. The van der Waals surface area contributed by atoms with Gasteiger partial charge in [0.15, 0.2) is 0 Å². The van der Waals surface area contributed by atoms with E-state index in [2.05, 4.69) is 66.7 Å². The van der Waals surface area contributed by atoms with Gasteiger partial charge in [-0.15, -0.1) is 0 Å². The molecule has 0 heteroatoms. The van der Waals surface area contributed by atoms with Crippen LogP contribution < -0.4 is 0 Å². The van der Waals surface area contributed by atoms with Gasteiger partial charge >= 0.3 is 0 Å². The summed E-state index contributed by atoms with van der Waals surface area (Å²) in [5.41, 5.74) is 1.60. The lowest BCUT2D eigenvalue weighted by Gasteiger charge is -2.23. The van der Waals surface area contributed by atoms with Gasteiger partial charge in [-0.1, -0.05) is 60.7 Å². The first-order valence-electron chi connectivity index (χ1n) is 7.99. The van der Waals surface area contributed by atoms with Crippen molar-refractivity contribution in [1.82, 2.24) is 0 Å². The van der Waals surface area contributed by atoms with Crippen LogP contribution in [0.5, 0.6) is 0 Å². The zero-order chi connectivity index (χ0) is 13.8. The third-order valence-electron chi connectivity index (χ3n) is 5.46. The minimum atomic E-state index is 0.705. The molecule has 0 nitrogen and oxygen atoms in total. The molecule has 3 aromatic rings. The fourth-order valence-corrected chi connectivity index (χ4v) is 4.56. The van der Waals surface area contributed by atoms with Crippen molar-refractivity contribution in [2.45, 2.75) is 18.8 Å². The maximum Gasteiger partial charge on any atom is -0.00809 e. The summed E-state index contributed by atoms with van der Waals surface area (Å²) in [5.74, 6) is 2.28. The Bertz CT molecular complexity index is 817. The van der Waals surface area contributed by atoms with Gasteiger partial charge in [0.1, 0.15) is 0 Å². The van der Waals surface area contributed by atoms with E-state index in [0.29, 0.717) is 5.92 Å². The van der Waals surface area contributed by atoms with Crippen molar-refractivity contribution >= 4 is 21.5 Å². The summed E-state index contributed by atoms with van der Waals surface area (Å²) in [6.45, 7) is 0. The Morgan fingerprint density at radius 2 is 1.38 bits per heavy atom. The summed E-state index contributed by atoms with van der Waals surface area (Å²) in [4.78, 5) is 0. The Morgan fingerprint density at radius 3 is 1.95 bits per heavy atom. The zero-order valence-corrected chi connectivity index (χ0v) is 12.0. The first-order valence-corrected chi connectivity index (χ1v) is 7.99. The van der Waals surface area contributed by atoms with Gasteiger partial charge in [-0.3, -0.25) is 0 Å². The van der Waals surface area contributed by atoms with Crippen molar-refractivity contribution in [3.05, 3.63) is 72.3 Å². The fourth-order valence-electron chi connectivity index (χ4n) is 4.56. The fraction of sp³-hybridized carbons (Fsp3) is 0.238. The van der Waals surface area contributed by atoms with Crippen molar-refractivity contribution in [1.29, 1.82) is 0 Å². The SMILES string of the molecule is C1=CC2CC1CC2c1c2ccccc2cc2ccccc12. The Hall–Kier alpha value is -2.08. The minimum Gasteiger partial charge on any atom is -0.0851 e. The second kappa shape index (κ2) is 4.21. The van der Waals surface area contributed by atoms with Crippen molar-refractivity contribution in [2.75, 3.05) is 0 Å². The molecule has 0 N–H and O–H groups in total. The van der Waals surface area contributed by atoms with E-state index < -0.39 is 0 Å². The number of benzene rings is 3. The van der Waals surface area contributed by atoms with Crippen LogP contribution in [0.3, 0.4) is 0 Å². The van der Waals surface area contributed by atoms with Crippen molar-refractivity contribution in [2.24, 2.45) is 11.8 Å². The highest BCUT2D eigenvalue weighted by molar-refractivity contribution is 6.02. The highest BCUT2D eigenvalue weighted by atomic mass is 14.4. The van der Waals surface area contributed by atoms with Gasteiger partial charge in [-0.2, -0.15) is 0 Å². The van der Waals surface area contributed by atoms with Gasteiger partial charge in [0.25, 0.3) is 0 Å². The van der Waals surface area contributed by atoms with E-state index >= 15 is 0 Å². The van der Waals surface area contributed by atoms with Crippen LogP contribution in [0.25, 0.3) is 21.5 Å². The van der Waals surface area contributed by atoms with Gasteiger partial charge in [0.2, 0.25) is 0 Å². The minimum absolute atomic E-state index is 0.705. The first-order chi connectivity index (χ1) is 10.4. The lowest BCUT2D eigenvalue weighted by Crippen LogP contribution is -2.06. The topological polar surface area (TPSA) is 0 Å². The Labute approximate surface area is 125 Å². The third kappa shape index (κ3) is 1.62. The second-order valence-electron chi connectivity index (χ2n) is 6.62. The van der Waals surface area contributed by atoms with Gasteiger partial charge in [-0.25, -0.2) is 0 Å². The van der Waals surface area contributed by atoms with Crippen molar-refractivity contribution < 1.29 is 0 Å². The summed E-state index contributed by atoms with van der Waals surface area (Å²) in [6, 6.07) is 20.2. The smallest absolute Gasteiger partial charge is 0.00809 e. The molecule has 5 rings (SSSR count). The molecular formula is C21H18.